The summed E-state index contributed by atoms with van der Waals surface area (Å²) in [7, 11) is 1.59. The first kappa shape index (κ1) is 14.0. The minimum Gasteiger partial charge on any atom is -0.495 e. The number of methoxy groups -OCH3 is 1. The average molecular weight is 285 g/mol. The monoisotopic (exact) mass is 284 g/mol. The van der Waals surface area contributed by atoms with E-state index in [1.807, 2.05) is 42.5 Å². The lowest BCUT2D eigenvalue weighted by molar-refractivity contribution is 0.417. The highest BCUT2D eigenvalue weighted by Gasteiger charge is 2.04. The van der Waals surface area contributed by atoms with Crippen LogP contribution in [-0.4, -0.2) is 7.11 Å². The molecular formula is C16H13ClN2O. The van der Waals surface area contributed by atoms with Gasteiger partial charge < -0.3 is 10.1 Å². The van der Waals surface area contributed by atoms with Crippen molar-refractivity contribution in [3.8, 4) is 11.8 Å². The van der Waals surface area contributed by atoms with E-state index < -0.39 is 0 Å². The first-order valence-electron chi connectivity index (χ1n) is 6.01. The first-order chi connectivity index (χ1) is 9.74. The molecule has 0 atom stereocenters. The highest BCUT2D eigenvalue weighted by atomic mass is 35.5. The summed E-state index contributed by atoms with van der Waals surface area (Å²) in [6, 6.07) is 16.9. The number of para-hydroxylation sites is 2. The van der Waals surface area contributed by atoms with Gasteiger partial charge in [0.25, 0.3) is 0 Å². The molecule has 0 amide bonds. The predicted octanol–water partition coefficient (Wildman–Crippen LogP) is 4.33. The fourth-order valence-electron chi connectivity index (χ4n) is 1.74. The molecule has 0 aliphatic heterocycles. The summed E-state index contributed by atoms with van der Waals surface area (Å²) in [6.07, 6.45) is 1.70. The number of hydrogen-bond acceptors (Lipinski definition) is 3. The second kappa shape index (κ2) is 6.65. The molecule has 0 unspecified atom stereocenters. The van der Waals surface area contributed by atoms with E-state index in [4.69, 9.17) is 16.3 Å². The van der Waals surface area contributed by atoms with E-state index in [0.29, 0.717) is 16.5 Å². The Kier molecular flexibility index (Phi) is 4.65. The van der Waals surface area contributed by atoms with Crippen molar-refractivity contribution in [1.29, 1.82) is 5.26 Å². The summed E-state index contributed by atoms with van der Waals surface area (Å²) < 4.78 is 5.24. The van der Waals surface area contributed by atoms with Gasteiger partial charge in [-0.15, -0.1) is 0 Å². The van der Waals surface area contributed by atoms with Crippen LogP contribution in [0.1, 0.15) is 5.56 Å². The maximum absolute atomic E-state index is 9.24. The number of halogens is 1. The minimum absolute atomic E-state index is 0.391. The van der Waals surface area contributed by atoms with Crippen LogP contribution in [0.3, 0.4) is 0 Å². The van der Waals surface area contributed by atoms with Crippen LogP contribution in [0.4, 0.5) is 5.69 Å². The first-order valence-corrected chi connectivity index (χ1v) is 6.38. The minimum atomic E-state index is 0.391. The number of nitrogens with zero attached hydrogens (tertiary/aromatic N) is 1. The van der Waals surface area contributed by atoms with Gasteiger partial charge in [-0.2, -0.15) is 5.26 Å². The molecule has 0 saturated carbocycles. The molecule has 2 aromatic rings. The zero-order valence-electron chi connectivity index (χ0n) is 10.9. The van der Waals surface area contributed by atoms with E-state index in [9.17, 15) is 5.26 Å². The van der Waals surface area contributed by atoms with Gasteiger partial charge in [0.15, 0.2) is 0 Å². The molecule has 0 saturated heterocycles. The zero-order chi connectivity index (χ0) is 14.4. The Morgan fingerprint density at radius 2 is 1.90 bits per heavy atom. The SMILES string of the molecule is COc1ccccc1N/C(C#N)=C/c1ccccc1Cl. The lowest BCUT2D eigenvalue weighted by atomic mass is 10.2. The van der Waals surface area contributed by atoms with Crippen LogP contribution < -0.4 is 10.1 Å². The van der Waals surface area contributed by atoms with Crippen LogP contribution >= 0.6 is 11.6 Å². The van der Waals surface area contributed by atoms with Crippen LogP contribution in [0.5, 0.6) is 5.75 Å². The molecule has 0 radical (unpaired) electrons. The Balaban J connectivity index is 2.31. The van der Waals surface area contributed by atoms with E-state index in [2.05, 4.69) is 11.4 Å². The van der Waals surface area contributed by atoms with Crippen LogP contribution in [0.25, 0.3) is 6.08 Å². The Morgan fingerprint density at radius 3 is 2.60 bits per heavy atom. The molecule has 0 aliphatic rings. The molecule has 0 spiro atoms. The molecule has 3 nitrogen and oxygen atoms in total. The number of nitriles is 1. The average Bonchev–Trinajstić information content (AvgIpc) is 2.49. The summed E-state index contributed by atoms with van der Waals surface area (Å²) in [5.41, 5.74) is 1.91. The maximum atomic E-state index is 9.24. The van der Waals surface area contributed by atoms with Gasteiger partial charge in [-0.25, -0.2) is 0 Å². The van der Waals surface area contributed by atoms with E-state index in [0.717, 1.165) is 11.3 Å². The molecular weight excluding hydrogens is 272 g/mol. The van der Waals surface area contributed by atoms with Crippen LogP contribution in [0.15, 0.2) is 54.2 Å². The summed E-state index contributed by atoms with van der Waals surface area (Å²) in [5.74, 6) is 0.674. The number of rotatable bonds is 4. The van der Waals surface area contributed by atoms with Crippen molar-refractivity contribution in [2.45, 2.75) is 0 Å². The second-order valence-electron chi connectivity index (χ2n) is 4.02. The molecule has 0 aromatic heterocycles. The number of ether oxygens (including phenoxy) is 1. The van der Waals surface area contributed by atoms with Gasteiger partial charge in [-0.05, 0) is 29.8 Å². The molecule has 20 heavy (non-hydrogen) atoms. The molecule has 0 fully saturated rings. The number of allylic oxidation sites excluding steroid dienone is 1. The Bertz CT molecular complexity index is 674. The Morgan fingerprint density at radius 1 is 1.20 bits per heavy atom. The van der Waals surface area contributed by atoms with Crippen molar-refractivity contribution in [2.24, 2.45) is 0 Å². The fraction of sp³-hybridized carbons (Fsp3) is 0.0625. The van der Waals surface area contributed by atoms with Gasteiger partial charge in [0.2, 0.25) is 0 Å². The molecule has 4 heteroatoms. The quantitative estimate of drug-likeness (QED) is 0.850. The van der Waals surface area contributed by atoms with Crippen molar-refractivity contribution in [3.05, 3.63) is 64.8 Å². The normalized spacial score (nSPS) is 10.8. The summed E-state index contributed by atoms with van der Waals surface area (Å²) in [5, 5.41) is 12.9. The van der Waals surface area contributed by atoms with Crippen molar-refractivity contribution in [1.82, 2.24) is 0 Å². The highest BCUT2D eigenvalue weighted by Crippen LogP contribution is 2.25. The lowest BCUT2D eigenvalue weighted by Gasteiger charge is -2.10. The second-order valence-corrected chi connectivity index (χ2v) is 4.42. The molecule has 0 aliphatic carbocycles. The van der Waals surface area contributed by atoms with Gasteiger partial charge >= 0.3 is 0 Å². The van der Waals surface area contributed by atoms with Crippen LogP contribution in [0.2, 0.25) is 5.02 Å². The third kappa shape index (κ3) is 3.31. The van der Waals surface area contributed by atoms with E-state index in [-0.39, 0.29) is 0 Å². The molecule has 0 heterocycles. The number of anilines is 1. The van der Waals surface area contributed by atoms with Crippen LogP contribution in [0, 0.1) is 11.3 Å². The summed E-state index contributed by atoms with van der Waals surface area (Å²) >= 11 is 6.08. The maximum Gasteiger partial charge on any atom is 0.142 e. The smallest absolute Gasteiger partial charge is 0.142 e. The van der Waals surface area contributed by atoms with E-state index in [1.54, 1.807) is 19.3 Å². The van der Waals surface area contributed by atoms with Crippen molar-refractivity contribution in [2.75, 3.05) is 12.4 Å². The Hall–Kier alpha value is -2.44. The summed E-state index contributed by atoms with van der Waals surface area (Å²) in [6.45, 7) is 0. The lowest BCUT2D eigenvalue weighted by Crippen LogP contribution is -1.99. The van der Waals surface area contributed by atoms with Gasteiger partial charge in [0.05, 0.1) is 12.8 Å². The van der Waals surface area contributed by atoms with Crippen LogP contribution in [-0.2, 0) is 0 Å². The zero-order valence-corrected chi connectivity index (χ0v) is 11.7. The Labute approximate surface area is 123 Å². The highest BCUT2D eigenvalue weighted by molar-refractivity contribution is 6.32. The topological polar surface area (TPSA) is 45.0 Å². The summed E-state index contributed by atoms with van der Waals surface area (Å²) in [4.78, 5) is 0. The predicted molar refractivity (Wildman–Crippen MR) is 81.7 cm³/mol. The molecule has 2 aromatic carbocycles. The molecule has 2 rings (SSSR count). The number of hydrogen-bond donors (Lipinski definition) is 1. The van der Waals surface area contributed by atoms with Gasteiger partial charge in [-0.3, -0.25) is 0 Å². The third-order valence-electron chi connectivity index (χ3n) is 2.70. The fourth-order valence-corrected chi connectivity index (χ4v) is 1.93. The van der Waals surface area contributed by atoms with Crippen molar-refractivity contribution < 1.29 is 4.74 Å². The molecule has 0 bridgehead atoms. The molecule has 1 N–H and O–H groups in total. The van der Waals surface area contributed by atoms with E-state index in [1.165, 1.54) is 0 Å². The largest absolute Gasteiger partial charge is 0.495 e. The third-order valence-corrected chi connectivity index (χ3v) is 3.05. The van der Waals surface area contributed by atoms with E-state index >= 15 is 0 Å². The number of benzene rings is 2. The molecule has 100 valence electrons. The van der Waals surface area contributed by atoms with Gasteiger partial charge in [0.1, 0.15) is 17.5 Å². The number of nitrogens with one attached hydrogen (secondary N) is 1. The van der Waals surface area contributed by atoms with Crippen molar-refractivity contribution >= 4 is 23.4 Å². The standard InChI is InChI=1S/C16H13ClN2O/c1-20-16-9-5-4-8-15(16)19-13(11-18)10-12-6-2-3-7-14(12)17/h2-10,19H,1H3/b13-10+. The van der Waals surface area contributed by atoms with Gasteiger partial charge in [0, 0.05) is 5.02 Å². The van der Waals surface area contributed by atoms with Crippen molar-refractivity contribution in [3.63, 3.8) is 0 Å². The van der Waals surface area contributed by atoms with Gasteiger partial charge in [-0.1, -0.05) is 41.9 Å².